The van der Waals surface area contributed by atoms with E-state index in [2.05, 4.69) is 25.4 Å². The van der Waals surface area contributed by atoms with E-state index < -0.39 is 0 Å². The monoisotopic (exact) mass is 318 g/mol. The van der Waals surface area contributed by atoms with Gasteiger partial charge in [0.2, 0.25) is 5.95 Å². The maximum Gasteiger partial charge on any atom is 0.247 e. The molecule has 0 saturated carbocycles. The fourth-order valence-corrected chi connectivity index (χ4v) is 2.38. The Morgan fingerprint density at radius 2 is 1.96 bits per heavy atom. The van der Waals surface area contributed by atoms with Gasteiger partial charge in [-0.3, -0.25) is 9.97 Å². The number of fused-ring (bicyclic) bond motifs is 1. The van der Waals surface area contributed by atoms with Crippen molar-refractivity contribution in [3.05, 3.63) is 61.2 Å². The molecule has 3 heterocycles. The number of methoxy groups -OCH3 is 1. The summed E-state index contributed by atoms with van der Waals surface area (Å²) in [6.45, 7) is 0. The van der Waals surface area contributed by atoms with E-state index in [9.17, 15) is 0 Å². The molecule has 0 spiro atoms. The summed E-state index contributed by atoms with van der Waals surface area (Å²) < 4.78 is 6.85. The van der Waals surface area contributed by atoms with Gasteiger partial charge in [-0.1, -0.05) is 0 Å². The highest BCUT2D eigenvalue weighted by molar-refractivity contribution is 5.73. The summed E-state index contributed by atoms with van der Waals surface area (Å²) in [6, 6.07) is 11.4. The van der Waals surface area contributed by atoms with Crippen LogP contribution in [0.2, 0.25) is 0 Å². The first-order valence-corrected chi connectivity index (χ1v) is 7.36. The van der Waals surface area contributed by atoms with Crippen LogP contribution in [0.5, 0.6) is 5.75 Å². The number of nitrogens with one attached hydrogen (secondary N) is 1. The fourth-order valence-electron chi connectivity index (χ4n) is 2.38. The Morgan fingerprint density at radius 3 is 2.71 bits per heavy atom. The molecule has 0 aliphatic carbocycles. The van der Waals surface area contributed by atoms with Crippen molar-refractivity contribution in [1.29, 1.82) is 0 Å². The van der Waals surface area contributed by atoms with Gasteiger partial charge in [-0.2, -0.15) is 4.98 Å². The zero-order chi connectivity index (χ0) is 16.4. The van der Waals surface area contributed by atoms with Crippen LogP contribution >= 0.6 is 0 Å². The predicted octanol–water partition coefficient (Wildman–Crippen LogP) is 2.94. The molecule has 7 nitrogen and oxygen atoms in total. The van der Waals surface area contributed by atoms with Gasteiger partial charge in [0.05, 0.1) is 7.11 Å². The van der Waals surface area contributed by atoms with Crippen LogP contribution in [0.4, 0.5) is 11.6 Å². The Labute approximate surface area is 138 Å². The Hall–Kier alpha value is -3.48. The first kappa shape index (κ1) is 14.1. The molecule has 0 atom stereocenters. The minimum atomic E-state index is 0.498. The van der Waals surface area contributed by atoms with E-state index in [0.717, 1.165) is 22.7 Å². The lowest BCUT2D eigenvalue weighted by Gasteiger charge is -2.03. The normalized spacial score (nSPS) is 10.7. The molecular formula is C17H14N6O. The molecule has 0 saturated heterocycles. The number of benzene rings is 1. The largest absolute Gasteiger partial charge is 0.497 e. The van der Waals surface area contributed by atoms with E-state index >= 15 is 0 Å². The second-order valence-electron chi connectivity index (χ2n) is 5.07. The van der Waals surface area contributed by atoms with Crippen LogP contribution in [0.15, 0.2) is 61.2 Å². The SMILES string of the molecule is COc1ccc(Nc2nc3c(-c4cccnc4)nccn3n2)cc1. The molecule has 0 bridgehead atoms. The third-order valence-electron chi connectivity index (χ3n) is 3.54. The second-order valence-corrected chi connectivity index (χ2v) is 5.07. The maximum absolute atomic E-state index is 5.15. The van der Waals surface area contributed by atoms with Gasteiger partial charge in [0.15, 0.2) is 5.65 Å². The van der Waals surface area contributed by atoms with Crippen molar-refractivity contribution in [1.82, 2.24) is 24.6 Å². The van der Waals surface area contributed by atoms with Crippen LogP contribution in [0.1, 0.15) is 0 Å². The Balaban J connectivity index is 1.70. The summed E-state index contributed by atoms with van der Waals surface area (Å²) in [5.74, 6) is 1.30. The van der Waals surface area contributed by atoms with Crippen molar-refractivity contribution in [2.45, 2.75) is 0 Å². The van der Waals surface area contributed by atoms with E-state index in [1.165, 1.54) is 0 Å². The van der Waals surface area contributed by atoms with Crippen molar-refractivity contribution in [2.75, 3.05) is 12.4 Å². The van der Waals surface area contributed by atoms with Gasteiger partial charge in [-0.05, 0) is 36.4 Å². The van der Waals surface area contributed by atoms with Gasteiger partial charge in [-0.25, -0.2) is 4.52 Å². The molecule has 0 unspecified atom stereocenters. The summed E-state index contributed by atoms with van der Waals surface area (Å²) in [6.07, 6.45) is 6.94. The van der Waals surface area contributed by atoms with E-state index in [1.54, 1.807) is 36.4 Å². The molecule has 0 aliphatic rings. The van der Waals surface area contributed by atoms with Crippen molar-refractivity contribution in [3.63, 3.8) is 0 Å². The third-order valence-corrected chi connectivity index (χ3v) is 3.54. The minimum absolute atomic E-state index is 0.498. The smallest absolute Gasteiger partial charge is 0.247 e. The summed E-state index contributed by atoms with van der Waals surface area (Å²) in [5, 5.41) is 7.62. The number of ether oxygens (including phenoxy) is 1. The lowest BCUT2D eigenvalue weighted by molar-refractivity contribution is 0.415. The summed E-state index contributed by atoms with van der Waals surface area (Å²) in [5.41, 5.74) is 3.18. The standard InChI is InChI=1S/C17H14N6O/c1-24-14-6-4-13(5-7-14)20-17-21-16-15(12-3-2-8-18-11-12)19-9-10-23(16)22-17/h2-11H,1H3,(H,20,22). The van der Waals surface area contributed by atoms with Crippen LogP contribution in [0.3, 0.4) is 0 Å². The molecule has 1 aromatic carbocycles. The molecule has 1 N–H and O–H groups in total. The Morgan fingerprint density at radius 1 is 1.08 bits per heavy atom. The molecule has 4 rings (SSSR count). The fraction of sp³-hybridized carbons (Fsp3) is 0.0588. The van der Waals surface area contributed by atoms with Crippen LogP contribution in [0, 0.1) is 0 Å². The second kappa shape index (κ2) is 5.96. The van der Waals surface area contributed by atoms with Crippen molar-refractivity contribution in [3.8, 4) is 17.0 Å². The van der Waals surface area contributed by atoms with Crippen LogP contribution < -0.4 is 10.1 Å². The number of hydrogen-bond donors (Lipinski definition) is 1. The van der Waals surface area contributed by atoms with Gasteiger partial charge >= 0.3 is 0 Å². The highest BCUT2D eigenvalue weighted by Gasteiger charge is 2.11. The van der Waals surface area contributed by atoms with E-state index in [-0.39, 0.29) is 0 Å². The number of hydrogen-bond acceptors (Lipinski definition) is 6. The molecule has 0 fully saturated rings. The highest BCUT2D eigenvalue weighted by Crippen LogP contribution is 2.22. The first-order chi connectivity index (χ1) is 11.8. The Kier molecular flexibility index (Phi) is 3.51. The lowest BCUT2D eigenvalue weighted by atomic mass is 10.2. The molecule has 24 heavy (non-hydrogen) atoms. The number of nitrogens with zero attached hydrogens (tertiary/aromatic N) is 5. The van der Waals surface area contributed by atoms with Gasteiger partial charge < -0.3 is 10.1 Å². The van der Waals surface area contributed by atoms with Crippen LogP contribution in [-0.4, -0.2) is 31.7 Å². The average molecular weight is 318 g/mol. The molecule has 118 valence electrons. The van der Waals surface area contributed by atoms with Crippen molar-refractivity contribution in [2.24, 2.45) is 0 Å². The summed E-state index contributed by atoms with van der Waals surface area (Å²) in [4.78, 5) is 13.1. The summed E-state index contributed by atoms with van der Waals surface area (Å²) in [7, 11) is 1.64. The predicted molar refractivity (Wildman–Crippen MR) is 90.3 cm³/mol. The van der Waals surface area contributed by atoms with E-state index in [1.807, 2.05) is 36.4 Å². The number of rotatable bonds is 4. The van der Waals surface area contributed by atoms with Crippen molar-refractivity contribution >= 4 is 17.3 Å². The molecule has 3 aromatic heterocycles. The average Bonchev–Trinajstić information content (AvgIpc) is 3.05. The minimum Gasteiger partial charge on any atom is -0.497 e. The zero-order valence-electron chi connectivity index (χ0n) is 12.9. The topological polar surface area (TPSA) is 77.2 Å². The first-order valence-electron chi connectivity index (χ1n) is 7.36. The molecular weight excluding hydrogens is 304 g/mol. The molecule has 4 aromatic rings. The lowest BCUT2D eigenvalue weighted by Crippen LogP contribution is -1.94. The van der Waals surface area contributed by atoms with Crippen LogP contribution in [0.25, 0.3) is 16.9 Å². The zero-order valence-corrected chi connectivity index (χ0v) is 12.9. The third kappa shape index (κ3) is 2.63. The van der Waals surface area contributed by atoms with Crippen LogP contribution in [-0.2, 0) is 0 Å². The van der Waals surface area contributed by atoms with E-state index in [0.29, 0.717) is 11.6 Å². The van der Waals surface area contributed by atoms with Crippen molar-refractivity contribution < 1.29 is 4.74 Å². The molecule has 0 aliphatic heterocycles. The highest BCUT2D eigenvalue weighted by atomic mass is 16.5. The number of aromatic nitrogens is 5. The van der Waals surface area contributed by atoms with Gasteiger partial charge in [0.1, 0.15) is 11.4 Å². The molecule has 0 radical (unpaired) electrons. The van der Waals surface area contributed by atoms with Gasteiger partial charge in [0.25, 0.3) is 0 Å². The van der Waals surface area contributed by atoms with E-state index in [4.69, 9.17) is 4.74 Å². The maximum atomic E-state index is 5.15. The Bertz CT molecular complexity index is 965. The number of pyridine rings is 1. The molecule has 0 amide bonds. The summed E-state index contributed by atoms with van der Waals surface area (Å²) >= 11 is 0. The van der Waals surface area contributed by atoms with Gasteiger partial charge in [0, 0.05) is 36.0 Å². The molecule has 7 heteroatoms. The number of anilines is 2. The quantitative estimate of drug-likeness (QED) is 0.623. The van der Waals surface area contributed by atoms with Gasteiger partial charge in [-0.15, -0.1) is 5.10 Å².